The Hall–Kier alpha value is -4.59. The number of H-pyrrole nitrogens is 2. The van der Waals surface area contributed by atoms with Gasteiger partial charge < -0.3 is 10.3 Å². The number of pyridine rings is 3. The summed E-state index contributed by atoms with van der Waals surface area (Å²) in [6.07, 6.45) is 13.4. The van der Waals surface area contributed by atoms with Crippen LogP contribution < -0.4 is 10.0 Å². The van der Waals surface area contributed by atoms with Crippen molar-refractivity contribution in [2.45, 2.75) is 38.8 Å². The van der Waals surface area contributed by atoms with E-state index in [0.29, 0.717) is 39.4 Å². The van der Waals surface area contributed by atoms with Crippen molar-refractivity contribution in [3.05, 3.63) is 78.1 Å². The second-order valence-electron chi connectivity index (χ2n) is 11.6. The minimum atomic E-state index is -3.44. The molecule has 230 valence electrons. The van der Waals surface area contributed by atoms with Crippen LogP contribution in [0, 0.1) is 11.7 Å². The predicted octanol–water partition coefficient (Wildman–Crippen LogP) is 5.09. The standard InChI is InChI=1S/C32H32FN9O2S/c1-45(43,44)38-16-20-8-22(11-24(33)10-20)29-31-26(6-7-36-29)39-32(40-31)30-25-12-27(37-18-28(25)41-42-30)23-9-21(15-35-17-23)14-34-13-19-4-2-3-5-19/h6-12,15,17-19,34,38H,2-5,13-14,16H2,1H3,(H,39,40)(H,41,42). The van der Waals surface area contributed by atoms with Gasteiger partial charge in [0.25, 0.3) is 0 Å². The van der Waals surface area contributed by atoms with Crippen LogP contribution in [0.2, 0.25) is 0 Å². The zero-order valence-corrected chi connectivity index (χ0v) is 25.5. The highest BCUT2D eigenvalue weighted by atomic mass is 32.2. The van der Waals surface area contributed by atoms with E-state index in [1.807, 2.05) is 18.5 Å². The van der Waals surface area contributed by atoms with Crippen molar-refractivity contribution in [2.24, 2.45) is 5.92 Å². The lowest BCUT2D eigenvalue weighted by Crippen LogP contribution is -2.21. The predicted molar refractivity (Wildman–Crippen MR) is 171 cm³/mol. The van der Waals surface area contributed by atoms with E-state index in [1.165, 1.54) is 37.8 Å². The molecule has 5 aromatic heterocycles. The van der Waals surface area contributed by atoms with Crippen LogP contribution in [0.4, 0.5) is 4.39 Å². The first-order chi connectivity index (χ1) is 21.8. The summed E-state index contributed by atoms with van der Waals surface area (Å²) in [5.41, 5.74) is 6.77. The molecular weight excluding hydrogens is 593 g/mol. The van der Waals surface area contributed by atoms with Crippen molar-refractivity contribution in [1.29, 1.82) is 0 Å². The number of sulfonamides is 1. The van der Waals surface area contributed by atoms with Gasteiger partial charge in [-0.05, 0) is 72.8 Å². The smallest absolute Gasteiger partial charge is 0.209 e. The molecule has 5 heterocycles. The molecule has 0 aliphatic heterocycles. The number of hydrogen-bond donors (Lipinski definition) is 4. The number of hydrogen-bond acceptors (Lipinski definition) is 8. The molecule has 45 heavy (non-hydrogen) atoms. The molecule has 13 heteroatoms. The maximum absolute atomic E-state index is 14.6. The van der Waals surface area contributed by atoms with Gasteiger partial charge in [-0.1, -0.05) is 12.8 Å². The molecule has 6 aromatic rings. The van der Waals surface area contributed by atoms with Gasteiger partial charge in [-0.3, -0.25) is 20.1 Å². The highest BCUT2D eigenvalue weighted by molar-refractivity contribution is 7.88. The van der Waals surface area contributed by atoms with Crippen LogP contribution in [0.15, 0.2) is 61.2 Å². The average Bonchev–Trinajstić information content (AvgIpc) is 3.79. The Kier molecular flexibility index (Phi) is 7.81. The number of rotatable bonds is 10. The van der Waals surface area contributed by atoms with E-state index in [1.54, 1.807) is 24.5 Å². The van der Waals surface area contributed by atoms with E-state index >= 15 is 0 Å². The van der Waals surface area contributed by atoms with Gasteiger partial charge in [0.05, 0.1) is 34.9 Å². The molecule has 0 saturated heterocycles. The number of nitrogens with zero attached hydrogens (tertiary/aromatic N) is 5. The molecule has 7 rings (SSSR count). The molecule has 4 N–H and O–H groups in total. The molecule has 0 spiro atoms. The SMILES string of the molecule is CS(=O)(=O)NCc1cc(F)cc(-c2nccc3[nH]c(-c4n[nH]c5cnc(-c6cncc(CNCC7CCCC7)c6)cc45)nc23)c1. The summed E-state index contributed by atoms with van der Waals surface area (Å²) in [6.45, 7) is 1.74. The molecule has 0 unspecified atom stereocenters. The third kappa shape index (κ3) is 6.46. The van der Waals surface area contributed by atoms with Crippen molar-refractivity contribution in [2.75, 3.05) is 12.8 Å². The molecule has 0 radical (unpaired) electrons. The number of benzene rings is 1. The van der Waals surface area contributed by atoms with E-state index in [4.69, 9.17) is 4.98 Å². The van der Waals surface area contributed by atoms with Crippen molar-refractivity contribution in [1.82, 2.24) is 45.2 Å². The first-order valence-electron chi connectivity index (χ1n) is 14.9. The maximum Gasteiger partial charge on any atom is 0.209 e. The van der Waals surface area contributed by atoms with Crippen molar-refractivity contribution >= 4 is 32.0 Å². The number of aromatic nitrogens is 7. The number of aromatic amines is 2. The summed E-state index contributed by atoms with van der Waals surface area (Å²) in [5, 5.41) is 12.0. The normalized spacial score (nSPS) is 14.2. The highest BCUT2D eigenvalue weighted by Gasteiger charge is 2.18. The van der Waals surface area contributed by atoms with Crippen molar-refractivity contribution < 1.29 is 12.8 Å². The van der Waals surface area contributed by atoms with E-state index in [2.05, 4.69) is 46.2 Å². The molecule has 1 saturated carbocycles. The summed E-state index contributed by atoms with van der Waals surface area (Å²) in [5.74, 6) is 0.778. The molecule has 1 fully saturated rings. The van der Waals surface area contributed by atoms with Gasteiger partial charge in [0, 0.05) is 48.2 Å². The molecule has 0 atom stereocenters. The summed E-state index contributed by atoms with van der Waals surface area (Å²) in [4.78, 5) is 21.8. The van der Waals surface area contributed by atoms with Crippen LogP contribution >= 0.6 is 0 Å². The molecular formula is C32H32FN9O2S. The third-order valence-electron chi connectivity index (χ3n) is 8.17. The fraction of sp³-hybridized carbons (Fsp3) is 0.281. The summed E-state index contributed by atoms with van der Waals surface area (Å²) in [7, 11) is -3.44. The van der Waals surface area contributed by atoms with Gasteiger partial charge in [0.1, 0.15) is 17.0 Å². The number of halogens is 1. The van der Waals surface area contributed by atoms with Gasteiger partial charge in [-0.15, -0.1) is 0 Å². The number of nitrogens with one attached hydrogen (secondary N) is 4. The highest BCUT2D eigenvalue weighted by Crippen LogP contribution is 2.32. The number of imidazole rings is 1. The van der Waals surface area contributed by atoms with E-state index in [9.17, 15) is 12.8 Å². The van der Waals surface area contributed by atoms with Crippen LogP contribution in [0.3, 0.4) is 0 Å². The zero-order valence-electron chi connectivity index (χ0n) is 24.6. The Bertz CT molecular complexity index is 2120. The number of fused-ring (bicyclic) bond motifs is 2. The quantitative estimate of drug-likeness (QED) is 0.164. The topological polar surface area (TPSA) is 154 Å². The Labute approximate surface area is 259 Å². The molecule has 11 nitrogen and oxygen atoms in total. The molecule has 1 aliphatic carbocycles. The van der Waals surface area contributed by atoms with Gasteiger partial charge >= 0.3 is 0 Å². The van der Waals surface area contributed by atoms with Crippen molar-refractivity contribution in [3.8, 4) is 34.0 Å². The van der Waals surface area contributed by atoms with E-state index in [0.717, 1.165) is 53.0 Å². The third-order valence-corrected chi connectivity index (χ3v) is 8.84. The summed E-state index contributed by atoms with van der Waals surface area (Å²) in [6, 6.07) is 10.2. The Morgan fingerprint density at radius 3 is 2.62 bits per heavy atom. The van der Waals surface area contributed by atoms with Gasteiger partial charge in [0.15, 0.2) is 5.82 Å². The summed E-state index contributed by atoms with van der Waals surface area (Å²) < 4.78 is 40.1. The van der Waals surface area contributed by atoms with Crippen LogP contribution in [-0.4, -0.2) is 56.3 Å². The first-order valence-corrected chi connectivity index (χ1v) is 16.8. The van der Waals surface area contributed by atoms with Gasteiger partial charge in [0.2, 0.25) is 10.0 Å². The zero-order chi connectivity index (χ0) is 31.0. The van der Waals surface area contributed by atoms with Gasteiger partial charge in [-0.2, -0.15) is 5.10 Å². The largest absolute Gasteiger partial charge is 0.336 e. The monoisotopic (exact) mass is 625 g/mol. The molecule has 0 bridgehead atoms. The van der Waals surface area contributed by atoms with Crippen LogP contribution in [0.25, 0.3) is 56.0 Å². The summed E-state index contributed by atoms with van der Waals surface area (Å²) >= 11 is 0. The van der Waals surface area contributed by atoms with Crippen LogP contribution in [0.5, 0.6) is 0 Å². The fourth-order valence-corrected chi connectivity index (χ4v) is 6.41. The van der Waals surface area contributed by atoms with Crippen LogP contribution in [0.1, 0.15) is 36.8 Å². The Morgan fingerprint density at radius 1 is 0.933 bits per heavy atom. The van der Waals surface area contributed by atoms with Crippen LogP contribution in [-0.2, 0) is 23.1 Å². The Balaban J connectivity index is 1.19. The fourth-order valence-electron chi connectivity index (χ4n) is 5.98. The average molecular weight is 626 g/mol. The van der Waals surface area contributed by atoms with Gasteiger partial charge in [-0.25, -0.2) is 22.5 Å². The second kappa shape index (κ2) is 12.1. The van der Waals surface area contributed by atoms with E-state index < -0.39 is 15.8 Å². The van der Waals surface area contributed by atoms with Crippen molar-refractivity contribution in [3.63, 3.8) is 0 Å². The first kappa shape index (κ1) is 29.1. The molecule has 0 amide bonds. The maximum atomic E-state index is 14.6. The minimum Gasteiger partial charge on any atom is -0.336 e. The molecule has 1 aromatic carbocycles. The second-order valence-corrected chi connectivity index (χ2v) is 13.5. The molecule has 1 aliphatic rings. The van der Waals surface area contributed by atoms with E-state index in [-0.39, 0.29) is 6.54 Å². The Morgan fingerprint density at radius 2 is 1.78 bits per heavy atom. The lowest BCUT2D eigenvalue weighted by Gasteiger charge is -2.11. The lowest BCUT2D eigenvalue weighted by molar-refractivity contribution is 0.489. The lowest BCUT2D eigenvalue weighted by atomic mass is 10.1. The minimum absolute atomic E-state index is 0.0452.